The molecule has 1 aliphatic carbocycles. The molecule has 1 aliphatic rings. The van der Waals surface area contributed by atoms with Gasteiger partial charge in [0.2, 0.25) is 8.32 Å². The molecule has 0 aliphatic heterocycles. The third-order valence-electron chi connectivity index (χ3n) is 4.13. The van der Waals surface area contributed by atoms with Gasteiger partial charge in [-0.15, -0.1) is 11.5 Å². The normalized spacial score (nSPS) is 26.7. The zero-order valence-electron chi connectivity index (χ0n) is 15.4. The monoisotopic (exact) mass is 322 g/mol. The molecule has 0 N–H and O–H groups in total. The minimum Gasteiger partial charge on any atom is -0.548 e. The fraction of sp³-hybridized carbons (Fsp3) is 0.778. The lowest BCUT2D eigenvalue weighted by atomic mass is 9.69. The molecule has 1 nitrogen and oxygen atoms in total. The minimum atomic E-state index is -1.48. The van der Waals surface area contributed by atoms with Crippen LogP contribution in [0.4, 0.5) is 0 Å². The summed E-state index contributed by atoms with van der Waals surface area (Å²) in [5.74, 6) is 5.40. The van der Waals surface area contributed by atoms with Crippen molar-refractivity contribution in [3.8, 4) is 11.5 Å². The van der Waals surface area contributed by atoms with E-state index in [0.29, 0.717) is 0 Å². The lowest BCUT2D eigenvalue weighted by molar-refractivity contribution is 0.202. The molecule has 2 unspecified atom stereocenters. The summed E-state index contributed by atoms with van der Waals surface area (Å²) >= 11 is 0. The third-order valence-corrected chi connectivity index (χ3v) is 5.93. The molecular weight excluding hydrogens is 288 g/mol. The molecule has 0 spiro atoms. The van der Waals surface area contributed by atoms with Crippen LogP contribution in [0.25, 0.3) is 0 Å². The summed E-state index contributed by atoms with van der Waals surface area (Å²) in [7, 11) is -2.71. The summed E-state index contributed by atoms with van der Waals surface area (Å²) in [4.78, 5) is 0. The van der Waals surface area contributed by atoms with E-state index < -0.39 is 16.4 Å². The summed E-state index contributed by atoms with van der Waals surface area (Å²) < 4.78 is 6.25. The van der Waals surface area contributed by atoms with Crippen LogP contribution in [-0.4, -0.2) is 16.4 Å². The van der Waals surface area contributed by atoms with E-state index in [1.165, 1.54) is 12.2 Å². The summed E-state index contributed by atoms with van der Waals surface area (Å²) in [5.41, 5.74) is 3.74. The van der Waals surface area contributed by atoms with Gasteiger partial charge in [-0.25, -0.2) is 0 Å². The molecule has 0 aromatic carbocycles. The van der Waals surface area contributed by atoms with Crippen molar-refractivity contribution in [3.05, 3.63) is 11.8 Å². The number of hydrogen-bond donors (Lipinski definition) is 0. The van der Waals surface area contributed by atoms with Gasteiger partial charge in [-0.2, -0.15) is 0 Å². The van der Waals surface area contributed by atoms with Crippen LogP contribution in [0.15, 0.2) is 11.8 Å². The Morgan fingerprint density at radius 2 is 1.86 bits per heavy atom. The smallest absolute Gasteiger partial charge is 0.241 e. The Hall–Kier alpha value is -0.466. The Balaban J connectivity index is 2.75. The summed E-state index contributed by atoms with van der Waals surface area (Å²) in [6, 6.07) is 0. The summed E-state index contributed by atoms with van der Waals surface area (Å²) in [5, 5.41) is 0. The first-order chi connectivity index (χ1) is 9.41. The summed E-state index contributed by atoms with van der Waals surface area (Å²) in [6.45, 7) is 18.5. The Kier molecular flexibility index (Phi) is 5.97. The van der Waals surface area contributed by atoms with Gasteiger partial charge in [0.1, 0.15) is 8.07 Å². The van der Waals surface area contributed by atoms with E-state index in [1.807, 2.05) is 0 Å². The van der Waals surface area contributed by atoms with Crippen molar-refractivity contribution in [2.24, 2.45) is 11.3 Å². The predicted molar refractivity (Wildman–Crippen MR) is 99.4 cm³/mol. The maximum Gasteiger partial charge on any atom is 0.241 e. The molecule has 0 aromatic heterocycles. The topological polar surface area (TPSA) is 9.23 Å². The second-order valence-corrected chi connectivity index (χ2v) is 18.0. The second-order valence-electron chi connectivity index (χ2n) is 8.82. The van der Waals surface area contributed by atoms with Crippen LogP contribution in [0.1, 0.15) is 39.5 Å². The first-order valence-electron chi connectivity index (χ1n) is 8.32. The van der Waals surface area contributed by atoms with E-state index in [4.69, 9.17) is 4.43 Å². The van der Waals surface area contributed by atoms with Crippen molar-refractivity contribution in [1.82, 2.24) is 0 Å². The van der Waals surface area contributed by atoms with Crippen LogP contribution in [0.5, 0.6) is 0 Å². The maximum atomic E-state index is 6.25. The van der Waals surface area contributed by atoms with Crippen LogP contribution < -0.4 is 0 Å². The average molecular weight is 323 g/mol. The van der Waals surface area contributed by atoms with Gasteiger partial charge in [-0.05, 0) is 49.9 Å². The van der Waals surface area contributed by atoms with Crippen molar-refractivity contribution in [2.75, 3.05) is 0 Å². The SMILES string of the molecule is CC1CCC(O[Si](C)(C)C)=CC1(C)CCC#C[Si](C)(C)C. The third kappa shape index (κ3) is 6.88. The van der Waals surface area contributed by atoms with Crippen molar-refractivity contribution < 1.29 is 4.43 Å². The lowest BCUT2D eigenvalue weighted by Crippen LogP contribution is -2.31. The van der Waals surface area contributed by atoms with Gasteiger partial charge in [0.25, 0.3) is 0 Å². The molecular formula is C18H34OSi2. The number of rotatable bonds is 4. The first-order valence-corrected chi connectivity index (χ1v) is 15.2. The molecule has 2 atom stereocenters. The van der Waals surface area contributed by atoms with Crippen molar-refractivity contribution in [3.63, 3.8) is 0 Å². The molecule has 21 heavy (non-hydrogen) atoms. The van der Waals surface area contributed by atoms with Gasteiger partial charge < -0.3 is 4.43 Å². The fourth-order valence-corrected chi connectivity index (χ4v) is 4.33. The molecule has 0 saturated heterocycles. The highest BCUT2D eigenvalue weighted by atomic mass is 28.4. The van der Waals surface area contributed by atoms with Crippen LogP contribution >= 0.6 is 0 Å². The molecule has 0 heterocycles. The van der Waals surface area contributed by atoms with Gasteiger partial charge in [0.15, 0.2) is 0 Å². The molecule has 0 amide bonds. The standard InChI is InChI=1S/C18H34OSi2/c1-16-11-12-17(19-21(6,7)8)15-18(16,2)13-9-10-14-20(3,4)5/h15-16H,9,11-13H2,1-8H3. The van der Waals surface area contributed by atoms with Crippen LogP contribution in [0.3, 0.4) is 0 Å². The van der Waals surface area contributed by atoms with Crippen molar-refractivity contribution in [1.29, 1.82) is 0 Å². The largest absolute Gasteiger partial charge is 0.548 e. The molecule has 0 aromatic rings. The second kappa shape index (κ2) is 6.75. The lowest BCUT2D eigenvalue weighted by Gasteiger charge is -2.38. The highest BCUT2D eigenvalue weighted by Crippen LogP contribution is 2.43. The van der Waals surface area contributed by atoms with Gasteiger partial charge in [0, 0.05) is 12.8 Å². The molecule has 1 rings (SSSR count). The van der Waals surface area contributed by atoms with Crippen LogP contribution in [-0.2, 0) is 4.43 Å². The molecule has 0 bridgehead atoms. The fourth-order valence-electron chi connectivity index (χ4n) is 2.72. The van der Waals surface area contributed by atoms with E-state index in [9.17, 15) is 0 Å². The maximum absolute atomic E-state index is 6.25. The van der Waals surface area contributed by atoms with Gasteiger partial charge >= 0.3 is 0 Å². The Labute approximate surface area is 134 Å². The zero-order chi connectivity index (χ0) is 16.3. The molecule has 120 valence electrons. The molecule has 0 fully saturated rings. The van der Waals surface area contributed by atoms with Crippen LogP contribution in [0.2, 0.25) is 39.3 Å². The summed E-state index contributed by atoms with van der Waals surface area (Å²) in [6.07, 6.45) is 6.96. The van der Waals surface area contributed by atoms with E-state index in [0.717, 1.165) is 25.2 Å². The Morgan fingerprint density at radius 3 is 2.38 bits per heavy atom. The van der Waals surface area contributed by atoms with Gasteiger partial charge in [-0.1, -0.05) is 33.5 Å². The quantitative estimate of drug-likeness (QED) is 0.468. The van der Waals surface area contributed by atoms with E-state index in [2.05, 4.69) is 70.7 Å². The van der Waals surface area contributed by atoms with Gasteiger partial charge in [-0.3, -0.25) is 0 Å². The van der Waals surface area contributed by atoms with Gasteiger partial charge in [0.05, 0.1) is 5.76 Å². The van der Waals surface area contributed by atoms with Crippen molar-refractivity contribution >= 4 is 16.4 Å². The Bertz CT molecular complexity index is 443. The van der Waals surface area contributed by atoms with E-state index in [-0.39, 0.29) is 5.41 Å². The molecule has 0 saturated carbocycles. The minimum absolute atomic E-state index is 0.251. The van der Waals surface area contributed by atoms with Crippen LogP contribution in [0, 0.1) is 22.8 Å². The van der Waals surface area contributed by atoms with E-state index in [1.54, 1.807) is 0 Å². The number of allylic oxidation sites excluding steroid dienone is 2. The van der Waals surface area contributed by atoms with Crippen molar-refractivity contribution in [2.45, 2.75) is 78.8 Å². The number of hydrogen-bond acceptors (Lipinski definition) is 1. The average Bonchev–Trinajstić information content (AvgIpc) is 2.27. The first kappa shape index (κ1) is 18.6. The molecule has 0 radical (unpaired) electrons. The highest BCUT2D eigenvalue weighted by molar-refractivity contribution is 6.83. The highest BCUT2D eigenvalue weighted by Gasteiger charge is 2.33. The predicted octanol–water partition coefficient (Wildman–Crippen LogP) is 5.82. The Morgan fingerprint density at radius 1 is 1.24 bits per heavy atom. The molecule has 3 heteroatoms. The zero-order valence-corrected chi connectivity index (χ0v) is 17.4. The van der Waals surface area contributed by atoms with E-state index >= 15 is 0 Å².